The van der Waals surface area contributed by atoms with Gasteiger partial charge in [-0.05, 0) is 49.2 Å². The predicted octanol–water partition coefficient (Wildman–Crippen LogP) is 2.64. The van der Waals surface area contributed by atoms with Crippen LogP contribution in [0.25, 0.3) is 10.2 Å². The lowest BCUT2D eigenvalue weighted by molar-refractivity contribution is -0.141. The van der Waals surface area contributed by atoms with Crippen molar-refractivity contribution < 1.29 is 22.7 Å². The van der Waals surface area contributed by atoms with Gasteiger partial charge in [0.05, 0.1) is 22.2 Å². The van der Waals surface area contributed by atoms with Gasteiger partial charge in [-0.3, -0.25) is 9.59 Å². The molecule has 0 radical (unpaired) electrons. The molecule has 0 aliphatic carbocycles. The summed E-state index contributed by atoms with van der Waals surface area (Å²) >= 11 is 1.29. The van der Waals surface area contributed by atoms with Crippen LogP contribution in [0, 0.1) is 13.8 Å². The maximum absolute atomic E-state index is 12.7. The summed E-state index contributed by atoms with van der Waals surface area (Å²) in [4.78, 5) is 29.2. The first kappa shape index (κ1) is 20.9. The largest absolute Gasteiger partial charge is 0.468 e. The van der Waals surface area contributed by atoms with Crippen LogP contribution in [0.1, 0.15) is 21.5 Å². The number of thiazole rings is 1. The Morgan fingerprint density at radius 1 is 1.17 bits per heavy atom. The number of carbonyl (C=O) groups is 2. The highest BCUT2D eigenvalue weighted by molar-refractivity contribution is 7.90. The molecule has 2 aromatic carbocycles. The van der Waals surface area contributed by atoms with Gasteiger partial charge in [-0.25, -0.2) is 8.42 Å². The van der Waals surface area contributed by atoms with E-state index >= 15 is 0 Å². The highest BCUT2D eigenvalue weighted by Gasteiger charge is 2.15. The van der Waals surface area contributed by atoms with Crippen LogP contribution in [-0.4, -0.2) is 38.2 Å². The Bertz CT molecular complexity index is 1300. The van der Waals surface area contributed by atoms with E-state index in [2.05, 4.69) is 4.99 Å². The smallest absolute Gasteiger partial charge is 0.325 e. The number of hydrogen-bond acceptors (Lipinski definition) is 6. The average Bonchev–Trinajstić information content (AvgIpc) is 2.98. The summed E-state index contributed by atoms with van der Waals surface area (Å²) in [5.41, 5.74) is 2.97. The molecule has 0 aliphatic rings. The molecule has 0 bridgehead atoms. The zero-order chi connectivity index (χ0) is 21.3. The molecule has 0 atom stereocenters. The Morgan fingerprint density at radius 2 is 1.90 bits per heavy atom. The predicted molar refractivity (Wildman–Crippen MR) is 111 cm³/mol. The quantitative estimate of drug-likeness (QED) is 0.591. The Hall–Kier alpha value is -2.78. The SMILES string of the molecule is COC(=O)Cn1c(=NC(=O)c2cccc(S(C)(=O)=O)c2)sc2c(C)cc(C)cc21. The second-order valence-electron chi connectivity index (χ2n) is 6.69. The van der Waals surface area contributed by atoms with E-state index in [0.717, 1.165) is 27.6 Å². The summed E-state index contributed by atoms with van der Waals surface area (Å²) < 4.78 is 30.9. The molecular formula is C20H20N2O5S2. The molecule has 1 aromatic heterocycles. The molecule has 152 valence electrons. The van der Waals surface area contributed by atoms with E-state index < -0.39 is 21.7 Å². The van der Waals surface area contributed by atoms with Crippen LogP contribution in [0.5, 0.6) is 0 Å². The fourth-order valence-electron chi connectivity index (χ4n) is 2.96. The Labute approximate surface area is 172 Å². The number of hydrogen-bond donors (Lipinski definition) is 0. The van der Waals surface area contributed by atoms with Crippen LogP contribution < -0.4 is 4.80 Å². The molecule has 29 heavy (non-hydrogen) atoms. The number of carbonyl (C=O) groups excluding carboxylic acids is 2. The number of nitrogens with zero attached hydrogens (tertiary/aromatic N) is 2. The number of fused-ring (bicyclic) bond motifs is 1. The summed E-state index contributed by atoms with van der Waals surface area (Å²) in [6.07, 6.45) is 1.08. The molecule has 0 fully saturated rings. The van der Waals surface area contributed by atoms with Crippen LogP contribution in [-0.2, 0) is 25.9 Å². The summed E-state index contributed by atoms with van der Waals surface area (Å²) in [5, 5.41) is 0. The van der Waals surface area contributed by atoms with Gasteiger partial charge in [0.2, 0.25) is 0 Å². The number of esters is 1. The van der Waals surface area contributed by atoms with Gasteiger partial charge in [0.15, 0.2) is 14.6 Å². The van der Waals surface area contributed by atoms with Crippen molar-refractivity contribution in [1.82, 2.24) is 4.57 Å². The van der Waals surface area contributed by atoms with Crippen molar-refractivity contribution >= 4 is 43.3 Å². The second kappa shape index (κ2) is 7.92. The average molecular weight is 433 g/mol. The number of rotatable bonds is 4. The van der Waals surface area contributed by atoms with Gasteiger partial charge in [0, 0.05) is 11.8 Å². The molecule has 0 spiro atoms. The Balaban J connectivity index is 2.19. The first-order chi connectivity index (χ1) is 13.6. The number of sulfone groups is 1. The first-order valence-electron chi connectivity index (χ1n) is 8.66. The van der Waals surface area contributed by atoms with Gasteiger partial charge in [-0.2, -0.15) is 4.99 Å². The minimum atomic E-state index is -3.45. The Morgan fingerprint density at radius 3 is 2.55 bits per heavy atom. The highest BCUT2D eigenvalue weighted by atomic mass is 32.2. The third kappa shape index (κ3) is 4.46. The van der Waals surface area contributed by atoms with Crippen molar-refractivity contribution in [1.29, 1.82) is 0 Å². The van der Waals surface area contributed by atoms with Crippen molar-refractivity contribution in [3.8, 4) is 0 Å². The second-order valence-corrected chi connectivity index (χ2v) is 9.69. The molecular weight excluding hydrogens is 412 g/mol. The third-order valence-electron chi connectivity index (χ3n) is 4.34. The molecule has 0 aliphatic heterocycles. The Kier molecular flexibility index (Phi) is 5.72. The third-order valence-corrected chi connectivity index (χ3v) is 6.68. The summed E-state index contributed by atoms with van der Waals surface area (Å²) in [7, 11) is -2.15. The van der Waals surface area contributed by atoms with E-state index in [1.165, 1.54) is 42.7 Å². The fourth-order valence-corrected chi connectivity index (χ4v) is 4.70. The normalized spacial score (nSPS) is 12.3. The summed E-state index contributed by atoms with van der Waals surface area (Å²) in [6, 6.07) is 9.68. The van der Waals surface area contributed by atoms with Gasteiger partial charge in [0.25, 0.3) is 5.91 Å². The lowest BCUT2D eigenvalue weighted by Crippen LogP contribution is -2.22. The zero-order valence-electron chi connectivity index (χ0n) is 16.4. The van der Waals surface area contributed by atoms with Gasteiger partial charge in [-0.1, -0.05) is 23.5 Å². The van der Waals surface area contributed by atoms with Gasteiger partial charge >= 0.3 is 5.97 Å². The van der Waals surface area contributed by atoms with Crippen molar-refractivity contribution in [3.63, 3.8) is 0 Å². The van der Waals surface area contributed by atoms with E-state index in [1.807, 2.05) is 26.0 Å². The van der Waals surface area contributed by atoms with E-state index in [-0.39, 0.29) is 17.0 Å². The zero-order valence-corrected chi connectivity index (χ0v) is 18.1. The number of amides is 1. The number of ether oxygens (including phenoxy) is 1. The van der Waals surface area contributed by atoms with Crippen molar-refractivity contribution in [3.05, 3.63) is 57.9 Å². The highest BCUT2D eigenvalue weighted by Crippen LogP contribution is 2.23. The van der Waals surface area contributed by atoms with Crippen LogP contribution in [0.3, 0.4) is 0 Å². The van der Waals surface area contributed by atoms with Crippen LogP contribution in [0.2, 0.25) is 0 Å². The molecule has 0 saturated heterocycles. The van der Waals surface area contributed by atoms with E-state index in [4.69, 9.17) is 4.74 Å². The van der Waals surface area contributed by atoms with Crippen molar-refractivity contribution in [2.45, 2.75) is 25.3 Å². The topological polar surface area (TPSA) is 94.8 Å². The maximum Gasteiger partial charge on any atom is 0.325 e. The van der Waals surface area contributed by atoms with Crippen molar-refractivity contribution in [2.24, 2.45) is 4.99 Å². The van der Waals surface area contributed by atoms with E-state index in [9.17, 15) is 18.0 Å². The molecule has 7 nitrogen and oxygen atoms in total. The van der Waals surface area contributed by atoms with Crippen LogP contribution in [0.15, 0.2) is 46.3 Å². The van der Waals surface area contributed by atoms with Crippen LogP contribution >= 0.6 is 11.3 Å². The molecule has 1 heterocycles. The molecule has 0 N–H and O–H groups in total. The molecule has 3 rings (SSSR count). The summed E-state index contributed by atoms with van der Waals surface area (Å²) in [6.45, 7) is 3.82. The van der Waals surface area contributed by atoms with Gasteiger partial charge in [-0.15, -0.1) is 0 Å². The number of aromatic nitrogens is 1. The number of methoxy groups -OCH3 is 1. The monoisotopic (exact) mass is 432 g/mol. The van der Waals surface area contributed by atoms with E-state index in [0.29, 0.717) is 4.80 Å². The van der Waals surface area contributed by atoms with Gasteiger partial charge < -0.3 is 9.30 Å². The number of aryl methyl sites for hydroxylation is 2. The maximum atomic E-state index is 12.7. The van der Waals surface area contributed by atoms with Crippen LogP contribution in [0.4, 0.5) is 0 Å². The standard InChI is InChI=1S/C20H20N2O5S2/c1-12-8-13(2)18-16(9-12)22(11-17(23)27-3)20(28-18)21-19(24)14-6-5-7-15(10-14)29(4,25)26/h5-10H,11H2,1-4H3. The lowest BCUT2D eigenvalue weighted by Gasteiger charge is -2.05. The first-order valence-corrected chi connectivity index (χ1v) is 11.4. The minimum absolute atomic E-state index is 0.0452. The molecule has 3 aromatic rings. The molecule has 0 unspecified atom stereocenters. The fraction of sp³-hybridized carbons (Fsp3) is 0.250. The molecule has 1 amide bonds. The van der Waals surface area contributed by atoms with Gasteiger partial charge in [0.1, 0.15) is 6.54 Å². The van der Waals surface area contributed by atoms with Crippen molar-refractivity contribution in [2.75, 3.05) is 13.4 Å². The molecule has 9 heteroatoms. The lowest BCUT2D eigenvalue weighted by atomic mass is 10.1. The summed E-state index contributed by atoms with van der Waals surface area (Å²) in [5.74, 6) is -1.05. The van der Waals surface area contributed by atoms with E-state index in [1.54, 1.807) is 4.57 Å². The molecule has 0 saturated carbocycles. The minimum Gasteiger partial charge on any atom is -0.468 e. The number of benzene rings is 2.